The summed E-state index contributed by atoms with van der Waals surface area (Å²) in [6.45, 7) is 7.73. The zero-order valence-electron chi connectivity index (χ0n) is 7.59. The first kappa shape index (κ1) is 10.8. The van der Waals surface area contributed by atoms with Gasteiger partial charge >= 0.3 is 0 Å². The van der Waals surface area contributed by atoms with Crippen LogP contribution in [-0.4, -0.2) is 20.8 Å². The second-order valence-corrected chi connectivity index (χ2v) is 2.20. The number of rotatable bonds is 5. The van der Waals surface area contributed by atoms with Crippen LogP contribution in [0.3, 0.4) is 0 Å². The topological polar surface area (TPSA) is 44.5 Å². The lowest BCUT2D eigenvalue weighted by Gasteiger charge is -2.08. The van der Waals surface area contributed by atoms with E-state index in [4.69, 9.17) is 15.2 Å². The molecule has 3 nitrogen and oxygen atoms in total. The minimum atomic E-state index is 0.393. The Labute approximate surface area is 73.2 Å². The number of hydrogen-bond acceptors (Lipinski definition) is 3. The summed E-state index contributed by atoms with van der Waals surface area (Å²) in [6.07, 6.45) is 1.70. The number of methoxy groups -OCH3 is 2. The molecule has 2 N–H and O–H groups in total. The van der Waals surface area contributed by atoms with Crippen molar-refractivity contribution in [1.82, 2.24) is 0 Å². The van der Waals surface area contributed by atoms with E-state index in [2.05, 4.69) is 13.2 Å². The largest absolute Gasteiger partial charge is 0.494 e. The molecule has 0 atom stereocenters. The first-order chi connectivity index (χ1) is 5.65. The summed E-state index contributed by atoms with van der Waals surface area (Å²) in [5.74, 6) is 1.01. The van der Waals surface area contributed by atoms with Gasteiger partial charge in [-0.05, 0) is 11.6 Å². The van der Waals surface area contributed by atoms with E-state index in [1.807, 2.05) is 0 Å². The van der Waals surface area contributed by atoms with E-state index >= 15 is 0 Å². The second-order valence-electron chi connectivity index (χ2n) is 2.20. The number of hydrogen-bond donors (Lipinski definition) is 1. The second kappa shape index (κ2) is 5.43. The lowest BCUT2D eigenvalue weighted by Crippen LogP contribution is -2.02. The standard InChI is InChI=1S/C9H15NO2/c1-7(6-10)5-9(12-4)8(2)11-3/h5H,1-2,6,10H2,3-4H3/b9-5+. The molecule has 0 aliphatic carbocycles. The highest BCUT2D eigenvalue weighted by atomic mass is 16.5. The van der Waals surface area contributed by atoms with Gasteiger partial charge in [-0.15, -0.1) is 0 Å². The van der Waals surface area contributed by atoms with Crippen molar-refractivity contribution in [3.8, 4) is 0 Å². The zero-order valence-corrected chi connectivity index (χ0v) is 7.59. The summed E-state index contributed by atoms with van der Waals surface area (Å²) in [6, 6.07) is 0. The molecular weight excluding hydrogens is 154 g/mol. The maximum atomic E-state index is 5.35. The smallest absolute Gasteiger partial charge is 0.160 e. The SMILES string of the molecule is C=C(/C=C(/OC)C(=C)OC)CN. The minimum absolute atomic E-state index is 0.393. The van der Waals surface area contributed by atoms with Gasteiger partial charge < -0.3 is 15.2 Å². The molecular formula is C9H15NO2. The van der Waals surface area contributed by atoms with Gasteiger partial charge in [-0.25, -0.2) is 0 Å². The van der Waals surface area contributed by atoms with Crippen LogP contribution in [0.25, 0.3) is 0 Å². The van der Waals surface area contributed by atoms with Gasteiger partial charge in [-0.3, -0.25) is 0 Å². The van der Waals surface area contributed by atoms with Crippen LogP contribution < -0.4 is 5.73 Å². The van der Waals surface area contributed by atoms with Gasteiger partial charge in [-0.1, -0.05) is 13.2 Å². The highest BCUT2D eigenvalue weighted by molar-refractivity contribution is 5.27. The Morgan fingerprint density at radius 3 is 2.25 bits per heavy atom. The quantitative estimate of drug-likeness (QED) is 0.496. The molecule has 0 aromatic rings. The van der Waals surface area contributed by atoms with Crippen molar-refractivity contribution in [2.75, 3.05) is 20.8 Å². The Bertz CT molecular complexity index is 207. The van der Waals surface area contributed by atoms with Crippen molar-refractivity contribution < 1.29 is 9.47 Å². The molecule has 12 heavy (non-hydrogen) atoms. The predicted molar refractivity (Wildman–Crippen MR) is 49.4 cm³/mol. The molecule has 0 bridgehead atoms. The summed E-state index contributed by atoms with van der Waals surface area (Å²) in [4.78, 5) is 0. The highest BCUT2D eigenvalue weighted by Gasteiger charge is 2.01. The average molecular weight is 169 g/mol. The molecule has 3 heteroatoms. The van der Waals surface area contributed by atoms with E-state index < -0.39 is 0 Å². The van der Waals surface area contributed by atoms with Gasteiger partial charge in [0.25, 0.3) is 0 Å². The fraction of sp³-hybridized carbons (Fsp3) is 0.333. The lowest BCUT2D eigenvalue weighted by molar-refractivity contribution is 0.221. The first-order valence-electron chi connectivity index (χ1n) is 3.52. The minimum Gasteiger partial charge on any atom is -0.494 e. The molecule has 0 aromatic carbocycles. The molecule has 0 heterocycles. The summed E-state index contributed by atoms with van der Waals surface area (Å²) in [5, 5.41) is 0. The fourth-order valence-electron chi connectivity index (χ4n) is 0.598. The van der Waals surface area contributed by atoms with Gasteiger partial charge in [-0.2, -0.15) is 0 Å². The average Bonchev–Trinajstić information content (AvgIpc) is 2.12. The van der Waals surface area contributed by atoms with Crippen molar-refractivity contribution in [3.05, 3.63) is 36.3 Å². The van der Waals surface area contributed by atoms with Gasteiger partial charge in [0.2, 0.25) is 0 Å². The van der Waals surface area contributed by atoms with E-state index in [0.717, 1.165) is 5.57 Å². The summed E-state index contributed by atoms with van der Waals surface area (Å²) < 4.78 is 9.87. The molecule has 0 aliphatic heterocycles. The van der Waals surface area contributed by atoms with Crippen LogP contribution >= 0.6 is 0 Å². The van der Waals surface area contributed by atoms with Crippen LogP contribution in [0.15, 0.2) is 36.3 Å². The highest BCUT2D eigenvalue weighted by Crippen LogP contribution is 2.10. The Hall–Kier alpha value is -1.22. The number of ether oxygens (including phenoxy) is 2. The molecule has 0 amide bonds. The monoisotopic (exact) mass is 169 g/mol. The Balaban J connectivity index is 4.43. The van der Waals surface area contributed by atoms with E-state index in [-0.39, 0.29) is 0 Å². The van der Waals surface area contributed by atoms with E-state index in [1.54, 1.807) is 13.2 Å². The summed E-state index contributed by atoms with van der Waals surface area (Å²) in [7, 11) is 3.07. The van der Waals surface area contributed by atoms with Crippen molar-refractivity contribution in [1.29, 1.82) is 0 Å². The lowest BCUT2D eigenvalue weighted by atomic mass is 10.2. The third-order valence-electron chi connectivity index (χ3n) is 1.34. The Kier molecular flexibility index (Phi) is 4.88. The van der Waals surface area contributed by atoms with Crippen LogP contribution in [-0.2, 0) is 9.47 Å². The van der Waals surface area contributed by atoms with E-state index in [1.165, 1.54) is 7.11 Å². The van der Waals surface area contributed by atoms with Gasteiger partial charge in [0, 0.05) is 6.54 Å². The van der Waals surface area contributed by atoms with Crippen LogP contribution in [0, 0.1) is 0 Å². The zero-order chi connectivity index (χ0) is 9.56. The fourth-order valence-corrected chi connectivity index (χ4v) is 0.598. The Morgan fingerprint density at radius 1 is 1.33 bits per heavy atom. The third-order valence-corrected chi connectivity index (χ3v) is 1.34. The molecule has 0 radical (unpaired) electrons. The summed E-state index contributed by atoms with van der Waals surface area (Å²) >= 11 is 0. The van der Waals surface area contributed by atoms with Gasteiger partial charge in [0.1, 0.15) is 0 Å². The normalized spacial score (nSPS) is 10.8. The Morgan fingerprint density at radius 2 is 1.92 bits per heavy atom. The predicted octanol–water partition coefficient (Wildman–Crippen LogP) is 1.19. The van der Waals surface area contributed by atoms with Gasteiger partial charge in [0.15, 0.2) is 11.5 Å². The molecule has 0 spiro atoms. The van der Waals surface area contributed by atoms with Crippen LogP contribution in [0.4, 0.5) is 0 Å². The third kappa shape index (κ3) is 3.25. The summed E-state index contributed by atoms with van der Waals surface area (Å²) in [5.41, 5.74) is 6.12. The van der Waals surface area contributed by atoms with Crippen molar-refractivity contribution in [2.24, 2.45) is 5.73 Å². The van der Waals surface area contributed by atoms with Crippen LogP contribution in [0.1, 0.15) is 0 Å². The van der Waals surface area contributed by atoms with Crippen molar-refractivity contribution in [3.63, 3.8) is 0 Å². The van der Waals surface area contributed by atoms with Crippen molar-refractivity contribution in [2.45, 2.75) is 0 Å². The van der Waals surface area contributed by atoms with Crippen LogP contribution in [0.2, 0.25) is 0 Å². The van der Waals surface area contributed by atoms with Crippen molar-refractivity contribution >= 4 is 0 Å². The molecule has 0 saturated heterocycles. The molecule has 0 unspecified atom stereocenters. The molecule has 0 aromatic heterocycles. The van der Waals surface area contributed by atoms with E-state index in [0.29, 0.717) is 18.1 Å². The van der Waals surface area contributed by atoms with E-state index in [9.17, 15) is 0 Å². The molecule has 0 fully saturated rings. The molecule has 68 valence electrons. The maximum absolute atomic E-state index is 5.35. The number of nitrogens with two attached hydrogens (primary N) is 1. The molecule has 0 rings (SSSR count). The van der Waals surface area contributed by atoms with Gasteiger partial charge in [0.05, 0.1) is 14.2 Å². The maximum Gasteiger partial charge on any atom is 0.160 e. The first-order valence-corrected chi connectivity index (χ1v) is 3.52. The molecule has 0 aliphatic rings. The molecule has 0 saturated carbocycles. The van der Waals surface area contributed by atoms with Crippen LogP contribution in [0.5, 0.6) is 0 Å².